The van der Waals surface area contributed by atoms with Gasteiger partial charge >= 0.3 is 6.18 Å². The lowest BCUT2D eigenvalue weighted by Gasteiger charge is -2.13. The van der Waals surface area contributed by atoms with Crippen LogP contribution in [0.3, 0.4) is 0 Å². The molecular formula is C9H10BrF3N2OS. The Balaban J connectivity index is 2.87. The molecule has 0 spiro atoms. The molecule has 0 aliphatic rings. The number of rotatable bonds is 4. The zero-order valence-corrected chi connectivity index (χ0v) is 11.2. The van der Waals surface area contributed by atoms with Gasteiger partial charge in [0.15, 0.2) is 0 Å². The average Bonchev–Trinajstić information content (AvgIpc) is 2.18. The molecule has 0 saturated carbocycles. The van der Waals surface area contributed by atoms with E-state index in [4.69, 9.17) is 0 Å². The molecule has 0 aliphatic heterocycles. The largest absolute Gasteiger partial charge is 0.419 e. The number of nitrogens with zero attached hydrogens (tertiary/aromatic N) is 1. The summed E-state index contributed by atoms with van der Waals surface area (Å²) in [4.78, 5) is 3.66. The smallest absolute Gasteiger partial charge is 0.369 e. The van der Waals surface area contributed by atoms with Crippen LogP contribution >= 0.6 is 15.9 Å². The highest BCUT2D eigenvalue weighted by Gasteiger charge is 2.34. The van der Waals surface area contributed by atoms with Gasteiger partial charge in [-0.05, 0) is 22.0 Å². The van der Waals surface area contributed by atoms with Crippen molar-refractivity contribution >= 4 is 32.5 Å². The minimum atomic E-state index is -4.47. The summed E-state index contributed by atoms with van der Waals surface area (Å²) in [6, 6.07) is 0.957. The van der Waals surface area contributed by atoms with Crippen molar-refractivity contribution < 1.29 is 17.4 Å². The molecule has 0 amide bonds. The van der Waals surface area contributed by atoms with Gasteiger partial charge in [-0.25, -0.2) is 4.98 Å². The molecule has 8 heteroatoms. The fraction of sp³-hybridized carbons (Fsp3) is 0.444. The highest BCUT2D eigenvalue weighted by atomic mass is 79.9. The fourth-order valence-corrected chi connectivity index (χ4v) is 1.83. The van der Waals surface area contributed by atoms with Gasteiger partial charge in [0.1, 0.15) is 5.82 Å². The molecule has 1 unspecified atom stereocenters. The van der Waals surface area contributed by atoms with Gasteiger partial charge in [-0.1, -0.05) is 0 Å². The Hall–Kier alpha value is -0.630. The first-order chi connectivity index (χ1) is 7.80. The third kappa shape index (κ3) is 4.63. The normalized spacial score (nSPS) is 13.5. The van der Waals surface area contributed by atoms with E-state index in [0.29, 0.717) is 0 Å². The monoisotopic (exact) mass is 330 g/mol. The van der Waals surface area contributed by atoms with Crippen molar-refractivity contribution in [3.63, 3.8) is 0 Å². The molecular weight excluding hydrogens is 321 g/mol. The van der Waals surface area contributed by atoms with Crippen LogP contribution in [0.2, 0.25) is 0 Å². The molecule has 1 N–H and O–H groups in total. The first-order valence-electron chi connectivity index (χ1n) is 4.57. The number of pyridine rings is 1. The first kappa shape index (κ1) is 14.4. The van der Waals surface area contributed by atoms with Crippen molar-refractivity contribution in [2.45, 2.75) is 6.18 Å². The summed E-state index contributed by atoms with van der Waals surface area (Å²) in [6.45, 7) is 0.181. The Labute approximate surface area is 107 Å². The second-order valence-corrected chi connectivity index (χ2v) is 5.72. The van der Waals surface area contributed by atoms with E-state index in [1.165, 1.54) is 12.5 Å². The van der Waals surface area contributed by atoms with Crippen molar-refractivity contribution in [3.05, 3.63) is 22.3 Å². The van der Waals surface area contributed by atoms with E-state index in [1.54, 1.807) is 0 Å². The topological polar surface area (TPSA) is 42.0 Å². The Kier molecular flexibility index (Phi) is 4.93. The molecule has 0 fully saturated rings. The Morgan fingerprint density at radius 1 is 1.53 bits per heavy atom. The molecule has 1 rings (SSSR count). The third-order valence-electron chi connectivity index (χ3n) is 1.84. The Bertz CT molecular complexity index is 425. The van der Waals surface area contributed by atoms with Gasteiger partial charge < -0.3 is 5.32 Å². The molecule has 96 valence electrons. The lowest BCUT2D eigenvalue weighted by molar-refractivity contribution is -0.137. The molecule has 0 aliphatic carbocycles. The van der Waals surface area contributed by atoms with Gasteiger partial charge in [0, 0.05) is 40.0 Å². The van der Waals surface area contributed by atoms with Gasteiger partial charge in [-0.3, -0.25) is 4.21 Å². The van der Waals surface area contributed by atoms with E-state index < -0.39 is 22.5 Å². The standard InChI is InChI=1S/C9H10BrF3N2OS/c1-17(16)3-2-14-8-7(9(11,12)13)4-6(10)5-15-8/h4-5H,2-3H2,1H3,(H,14,15). The van der Waals surface area contributed by atoms with Crippen LogP contribution in [0.4, 0.5) is 19.0 Å². The van der Waals surface area contributed by atoms with Crippen molar-refractivity contribution in [2.24, 2.45) is 0 Å². The van der Waals surface area contributed by atoms with Crippen LogP contribution in [0.1, 0.15) is 5.56 Å². The Morgan fingerprint density at radius 3 is 2.71 bits per heavy atom. The molecule has 0 bridgehead atoms. The minimum Gasteiger partial charge on any atom is -0.369 e. The second-order valence-electron chi connectivity index (χ2n) is 3.25. The lowest BCUT2D eigenvalue weighted by Crippen LogP contribution is -2.16. The number of nitrogens with one attached hydrogen (secondary N) is 1. The summed E-state index contributed by atoms with van der Waals surface area (Å²) in [5.74, 6) is 0.0286. The van der Waals surface area contributed by atoms with Crippen molar-refractivity contribution in [1.29, 1.82) is 0 Å². The zero-order valence-electron chi connectivity index (χ0n) is 8.84. The summed E-state index contributed by atoms with van der Waals surface area (Å²) >= 11 is 2.94. The fourth-order valence-electron chi connectivity index (χ4n) is 1.11. The molecule has 1 aromatic heterocycles. The highest BCUT2D eigenvalue weighted by Crippen LogP contribution is 2.35. The van der Waals surface area contributed by atoms with Crippen molar-refractivity contribution in [1.82, 2.24) is 4.98 Å². The molecule has 0 saturated heterocycles. The highest BCUT2D eigenvalue weighted by molar-refractivity contribution is 9.10. The Morgan fingerprint density at radius 2 is 2.18 bits per heavy atom. The summed E-state index contributed by atoms with van der Waals surface area (Å²) < 4.78 is 49.0. The van der Waals surface area contributed by atoms with Crippen LogP contribution in [0, 0.1) is 0 Å². The van der Waals surface area contributed by atoms with Gasteiger partial charge in [-0.15, -0.1) is 0 Å². The summed E-state index contributed by atoms with van der Waals surface area (Å²) in [5, 5.41) is 2.53. The number of alkyl halides is 3. The van der Waals surface area contributed by atoms with Crippen LogP contribution in [0.5, 0.6) is 0 Å². The van der Waals surface area contributed by atoms with Crippen LogP contribution in [-0.2, 0) is 17.0 Å². The molecule has 1 aromatic rings. The maximum absolute atomic E-state index is 12.7. The van der Waals surface area contributed by atoms with Crippen LogP contribution in [0.15, 0.2) is 16.7 Å². The summed E-state index contributed by atoms with van der Waals surface area (Å²) in [5.41, 5.74) is -0.839. The maximum Gasteiger partial charge on any atom is 0.419 e. The molecule has 1 atom stereocenters. The van der Waals surface area contributed by atoms with E-state index in [2.05, 4.69) is 26.2 Å². The number of aromatic nitrogens is 1. The van der Waals surface area contributed by atoms with Gasteiger partial charge in [0.25, 0.3) is 0 Å². The van der Waals surface area contributed by atoms with Gasteiger partial charge in [0.05, 0.1) is 5.56 Å². The SMILES string of the molecule is CS(=O)CCNc1ncc(Br)cc1C(F)(F)F. The van der Waals surface area contributed by atoms with E-state index in [9.17, 15) is 17.4 Å². The van der Waals surface area contributed by atoms with E-state index >= 15 is 0 Å². The van der Waals surface area contributed by atoms with Crippen LogP contribution in [-0.4, -0.2) is 27.7 Å². The minimum absolute atomic E-state index is 0.181. The van der Waals surface area contributed by atoms with Crippen LogP contribution < -0.4 is 5.32 Å². The third-order valence-corrected chi connectivity index (χ3v) is 3.05. The van der Waals surface area contributed by atoms with Crippen LogP contribution in [0.25, 0.3) is 0 Å². The lowest BCUT2D eigenvalue weighted by atomic mass is 10.2. The van der Waals surface area contributed by atoms with Gasteiger partial charge in [-0.2, -0.15) is 13.2 Å². The predicted octanol–water partition coefficient (Wildman–Crippen LogP) is 2.65. The predicted molar refractivity (Wildman–Crippen MR) is 64.4 cm³/mol. The average molecular weight is 331 g/mol. The number of anilines is 1. The van der Waals surface area contributed by atoms with E-state index in [1.807, 2.05) is 0 Å². The molecule has 0 radical (unpaired) electrons. The maximum atomic E-state index is 12.7. The van der Waals surface area contributed by atoms with E-state index in [-0.39, 0.29) is 22.6 Å². The first-order valence-corrected chi connectivity index (χ1v) is 7.09. The molecule has 3 nitrogen and oxygen atoms in total. The number of hydrogen-bond donors (Lipinski definition) is 1. The van der Waals surface area contributed by atoms with Crippen molar-refractivity contribution in [3.8, 4) is 0 Å². The quantitative estimate of drug-likeness (QED) is 0.922. The summed E-state index contributed by atoms with van der Waals surface area (Å²) in [7, 11) is -1.05. The summed E-state index contributed by atoms with van der Waals surface area (Å²) in [6.07, 6.45) is -1.70. The number of hydrogen-bond acceptors (Lipinski definition) is 3. The zero-order chi connectivity index (χ0) is 13.1. The number of halogens is 4. The molecule has 17 heavy (non-hydrogen) atoms. The van der Waals surface area contributed by atoms with Gasteiger partial charge in [0.2, 0.25) is 0 Å². The van der Waals surface area contributed by atoms with E-state index in [0.717, 1.165) is 6.07 Å². The van der Waals surface area contributed by atoms with Crippen molar-refractivity contribution in [2.75, 3.05) is 23.9 Å². The second kappa shape index (κ2) is 5.81. The molecule has 0 aromatic carbocycles. The molecule has 1 heterocycles.